The van der Waals surface area contributed by atoms with Crippen molar-refractivity contribution < 1.29 is 18.6 Å². The summed E-state index contributed by atoms with van der Waals surface area (Å²) in [6.07, 6.45) is 1.40. The Morgan fingerprint density at radius 3 is 2.17 bits per heavy atom. The minimum absolute atomic E-state index is 0.0771. The molecule has 0 bridgehead atoms. The van der Waals surface area contributed by atoms with Crippen LogP contribution in [0.25, 0.3) is 0 Å². The van der Waals surface area contributed by atoms with Gasteiger partial charge in [0.1, 0.15) is 0 Å². The lowest BCUT2D eigenvalue weighted by Gasteiger charge is -2.29. The van der Waals surface area contributed by atoms with Crippen molar-refractivity contribution in [2.45, 2.75) is 19.4 Å². The van der Waals surface area contributed by atoms with E-state index in [1.54, 1.807) is 48.1 Å². The van der Waals surface area contributed by atoms with Gasteiger partial charge in [0, 0.05) is 0 Å². The van der Waals surface area contributed by atoms with Crippen LogP contribution >= 0.6 is 7.67 Å². The van der Waals surface area contributed by atoms with Gasteiger partial charge in [-0.05, 0) is 48.1 Å². The first-order valence-electron chi connectivity index (χ1n) is 5.54. The van der Waals surface area contributed by atoms with Gasteiger partial charge in [-0.2, -0.15) is 0 Å². The normalized spacial score (nSPS) is 13.4. The molecule has 1 heterocycles. The van der Waals surface area contributed by atoms with Crippen molar-refractivity contribution in [1.82, 2.24) is 9.34 Å². The molecule has 0 spiro atoms. The molecule has 1 N–H and O–H groups in total. The molecule has 0 unspecified atom stereocenters. The van der Waals surface area contributed by atoms with Crippen LogP contribution in [-0.4, -0.2) is 42.6 Å². The summed E-state index contributed by atoms with van der Waals surface area (Å²) in [5.41, 5.74) is -0.655. The number of aliphatic hydroxyl groups is 1. The quantitative estimate of drug-likeness (QED) is 0.831. The molecule has 0 saturated heterocycles. The van der Waals surface area contributed by atoms with Gasteiger partial charge in [0.15, 0.2) is 0 Å². The van der Waals surface area contributed by atoms with E-state index in [1.165, 1.54) is 15.6 Å². The van der Waals surface area contributed by atoms with Crippen molar-refractivity contribution in [3.63, 3.8) is 0 Å². The van der Waals surface area contributed by atoms with Crippen LogP contribution in [-0.2, 0) is 10.2 Å². The predicted molar refractivity (Wildman–Crippen MR) is 69.6 cm³/mol. The Labute approximate surface area is 108 Å². The molecule has 1 rings (SSSR count). The van der Waals surface area contributed by atoms with E-state index in [2.05, 4.69) is 0 Å². The van der Waals surface area contributed by atoms with Gasteiger partial charge in [0.25, 0.3) is 5.95 Å². The zero-order valence-electron chi connectivity index (χ0n) is 11.7. The van der Waals surface area contributed by atoms with Gasteiger partial charge in [-0.3, -0.25) is 0 Å². The summed E-state index contributed by atoms with van der Waals surface area (Å²) in [7, 11) is 3.45. The van der Waals surface area contributed by atoms with Crippen LogP contribution < -0.4 is 4.52 Å². The van der Waals surface area contributed by atoms with Gasteiger partial charge >= 0.3 is 7.67 Å². The van der Waals surface area contributed by atoms with Crippen LogP contribution in [0.4, 0.5) is 0 Å². The summed E-state index contributed by atoms with van der Waals surface area (Å²) in [5, 5.41) is 9.98. The second-order valence-electron chi connectivity index (χ2n) is 4.96. The lowest BCUT2D eigenvalue weighted by Crippen LogP contribution is -2.25. The summed E-state index contributed by atoms with van der Waals surface area (Å²) in [5.74, 6) is 0.0771. The van der Waals surface area contributed by atoms with Crippen LogP contribution in [0.15, 0.2) is 16.7 Å². The molecule has 0 aliphatic heterocycles. The fourth-order valence-corrected chi connectivity index (χ4v) is 2.85. The van der Waals surface area contributed by atoms with Gasteiger partial charge in [0.2, 0.25) is 0 Å². The summed E-state index contributed by atoms with van der Waals surface area (Å²) in [4.78, 5) is 0. The van der Waals surface area contributed by atoms with Gasteiger partial charge < -0.3 is 14.0 Å². The maximum absolute atomic E-state index is 12.6. The molecule has 0 fully saturated rings. The Kier molecular flexibility index (Phi) is 4.28. The minimum Gasteiger partial charge on any atom is -0.434 e. The smallest absolute Gasteiger partial charge is 0.396 e. The molecule has 0 saturated carbocycles. The first-order valence-corrected chi connectivity index (χ1v) is 7.07. The Morgan fingerprint density at radius 2 is 1.78 bits per heavy atom. The maximum atomic E-state index is 12.6. The third-order valence-electron chi connectivity index (χ3n) is 2.50. The molecule has 18 heavy (non-hydrogen) atoms. The number of hydrogen-bond acceptors (Lipinski definition) is 4. The van der Waals surface area contributed by atoms with Gasteiger partial charge in [-0.25, -0.2) is 13.9 Å². The Balaban J connectivity index is 3.12. The third kappa shape index (κ3) is 2.95. The highest BCUT2D eigenvalue weighted by Crippen LogP contribution is 2.52. The molecule has 0 radical (unpaired) electrons. The molecule has 1 aromatic rings. The molecule has 0 amide bonds. The fraction of sp³-hybridized carbons (Fsp3) is 0.636. The monoisotopic (exact) mass is 276 g/mol. The Bertz CT molecular complexity index is 436. The lowest BCUT2D eigenvalue weighted by molar-refractivity contribution is 0.0750. The van der Waals surface area contributed by atoms with Gasteiger partial charge in [-0.1, -0.05) is 0 Å². The molecule has 0 aliphatic rings. The molecule has 7 heteroatoms. The number of nitrogens with zero attached hydrogens (tertiary/aromatic N) is 2. The third-order valence-corrected chi connectivity index (χ3v) is 4.93. The van der Waals surface area contributed by atoms with E-state index in [0.29, 0.717) is 5.56 Å². The summed E-state index contributed by atoms with van der Waals surface area (Å²) in [6, 6.07) is 1.60. The first-order chi connectivity index (χ1) is 8.09. The van der Waals surface area contributed by atoms with E-state index in [9.17, 15) is 9.67 Å². The second-order valence-corrected chi connectivity index (χ2v) is 7.72. The number of furan rings is 1. The predicted octanol–water partition coefficient (Wildman–Crippen LogP) is 2.12. The van der Waals surface area contributed by atoms with Crippen molar-refractivity contribution in [2.75, 3.05) is 28.2 Å². The molecule has 1 aromatic heterocycles. The van der Waals surface area contributed by atoms with E-state index in [-0.39, 0.29) is 5.95 Å². The lowest BCUT2D eigenvalue weighted by atomic mass is 10.0. The topological polar surface area (TPSA) is 66.2 Å². The maximum Gasteiger partial charge on any atom is 0.396 e. The van der Waals surface area contributed by atoms with Crippen molar-refractivity contribution in [3.8, 4) is 5.95 Å². The van der Waals surface area contributed by atoms with E-state index in [1.807, 2.05) is 0 Å². The molecular weight excluding hydrogens is 255 g/mol. The zero-order chi connectivity index (χ0) is 14.1. The van der Waals surface area contributed by atoms with Gasteiger partial charge in [-0.15, -0.1) is 0 Å². The number of hydrogen-bond donors (Lipinski definition) is 1. The molecule has 6 nitrogen and oxygen atoms in total. The molecule has 0 aliphatic carbocycles. The van der Waals surface area contributed by atoms with Crippen LogP contribution in [0.2, 0.25) is 0 Å². The van der Waals surface area contributed by atoms with Crippen LogP contribution in [0, 0.1) is 0 Å². The summed E-state index contributed by atoms with van der Waals surface area (Å²) in [6.45, 7) is 3.22. The van der Waals surface area contributed by atoms with Crippen LogP contribution in [0.1, 0.15) is 19.4 Å². The van der Waals surface area contributed by atoms with E-state index < -0.39 is 13.3 Å². The van der Waals surface area contributed by atoms with E-state index in [4.69, 9.17) is 8.94 Å². The zero-order valence-corrected chi connectivity index (χ0v) is 12.6. The van der Waals surface area contributed by atoms with Crippen LogP contribution in [0.3, 0.4) is 0 Å². The highest BCUT2D eigenvalue weighted by Gasteiger charge is 2.35. The molecule has 0 atom stereocenters. The standard InChI is InChI=1S/C11H21N2O4P/c1-11(2,14)9-7-8-16-10(9)17-18(15,12(3)4)13(5)6/h7-8,14H,1-6H3. The van der Waals surface area contributed by atoms with Crippen molar-refractivity contribution in [2.24, 2.45) is 0 Å². The van der Waals surface area contributed by atoms with Gasteiger partial charge in [0.05, 0.1) is 17.4 Å². The fourth-order valence-electron chi connectivity index (χ4n) is 1.45. The Morgan fingerprint density at radius 1 is 1.28 bits per heavy atom. The van der Waals surface area contributed by atoms with Crippen molar-refractivity contribution >= 4 is 7.67 Å². The number of rotatable bonds is 5. The van der Waals surface area contributed by atoms with Crippen molar-refractivity contribution in [3.05, 3.63) is 17.9 Å². The second kappa shape index (κ2) is 5.05. The largest absolute Gasteiger partial charge is 0.434 e. The van der Waals surface area contributed by atoms with Crippen LogP contribution in [0.5, 0.6) is 5.95 Å². The SMILES string of the molecule is CN(C)P(=O)(Oc1occc1C(C)(C)O)N(C)C. The van der Waals surface area contributed by atoms with E-state index >= 15 is 0 Å². The average Bonchev–Trinajstić information content (AvgIpc) is 2.64. The highest BCUT2D eigenvalue weighted by molar-refractivity contribution is 7.54. The van der Waals surface area contributed by atoms with E-state index in [0.717, 1.165) is 0 Å². The summed E-state index contributed by atoms with van der Waals surface area (Å²) < 4.78 is 26.3. The highest BCUT2D eigenvalue weighted by atomic mass is 31.2. The summed E-state index contributed by atoms with van der Waals surface area (Å²) >= 11 is 0. The molecule has 0 aromatic carbocycles. The minimum atomic E-state index is -3.19. The average molecular weight is 276 g/mol. The first kappa shape index (κ1) is 15.2. The Hall–Kier alpha value is -0.810. The molecular formula is C11H21N2O4P. The van der Waals surface area contributed by atoms with Crippen molar-refractivity contribution in [1.29, 1.82) is 0 Å². The molecule has 104 valence electrons.